The minimum atomic E-state index is -0.334. The molecule has 6 aromatic rings. The van der Waals surface area contributed by atoms with Gasteiger partial charge in [-0.3, -0.25) is 19.7 Å². The number of piperazine rings is 1. The quantitative estimate of drug-likeness (QED) is 0.0255. The molecule has 20 nitrogen and oxygen atoms in total. The largest absolute Gasteiger partial charge is 0.496 e. The van der Waals surface area contributed by atoms with Gasteiger partial charge in [0.2, 0.25) is 11.9 Å². The predicted molar refractivity (Wildman–Crippen MR) is 242 cm³/mol. The average molecular weight is 852 g/mol. The number of aliphatic hydroxyl groups excluding tert-OH is 1. The van der Waals surface area contributed by atoms with Crippen LogP contribution in [0.3, 0.4) is 0 Å². The zero-order valence-electron chi connectivity index (χ0n) is 36.1. The number of aromatic nitrogens is 8. The number of nitrogens with one attached hydrogen (secondary N) is 6. The Hall–Kier alpha value is -5.90. The Bertz CT molecular complexity index is 2380. The standard InChI is InChI=1S/C42H61N17O3/c1-5-7-35(43)49-39-38-32(26-59(56-38)23-29-11-9-27(19-33(29)61-3)21-46-15-18-60)48-42(52-39)54-53-36(8-6-2)50-40-37-31(47-41(44)51-40)25-58(55-37)24-30-12-10-28(20-34(30)62-4)22-57-16-13-45-14-17-57/h9-12,19-20,25-26,35-36,45-46,53,60H,5-8,13-18,21-24,43H2,1-4H3,(H3,44,47,50,51)(H2,48,49,52,54). The van der Waals surface area contributed by atoms with Gasteiger partial charge in [-0.15, -0.1) is 0 Å². The molecular formula is C42H61N17O3. The van der Waals surface area contributed by atoms with Gasteiger partial charge in [0.05, 0.1) is 58.6 Å². The molecule has 1 fully saturated rings. The topological polar surface area (TPSA) is 253 Å². The highest BCUT2D eigenvalue weighted by molar-refractivity contribution is 5.87. The fourth-order valence-corrected chi connectivity index (χ4v) is 7.54. The van der Waals surface area contributed by atoms with E-state index >= 15 is 0 Å². The summed E-state index contributed by atoms with van der Waals surface area (Å²) in [6.07, 6.45) is 6.29. The van der Waals surface area contributed by atoms with E-state index in [1.807, 2.05) is 40.0 Å². The second-order valence-electron chi connectivity index (χ2n) is 15.5. The maximum absolute atomic E-state index is 9.13. The lowest BCUT2D eigenvalue weighted by atomic mass is 10.1. The number of methoxy groups -OCH3 is 2. The summed E-state index contributed by atoms with van der Waals surface area (Å²) in [6.45, 7) is 11.3. The van der Waals surface area contributed by atoms with Crippen molar-refractivity contribution >= 4 is 45.6 Å². The van der Waals surface area contributed by atoms with Crippen molar-refractivity contribution in [3.05, 3.63) is 71.0 Å². The number of hydrogen-bond acceptors (Lipinski definition) is 18. The van der Waals surface area contributed by atoms with Crippen LogP contribution in [0.5, 0.6) is 11.5 Å². The van der Waals surface area contributed by atoms with Crippen molar-refractivity contribution in [2.45, 2.75) is 78.0 Å². The van der Waals surface area contributed by atoms with E-state index in [2.05, 4.69) is 79.0 Å². The van der Waals surface area contributed by atoms with Crippen LogP contribution in [0.25, 0.3) is 22.1 Å². The molecule has 1 saturated heterocycles. The number of fused-ring (bicyclic) bond motifs is 2. The van der Waals surface area contributed by atoms with Gasteiger partial charge in [0.15, 0.2) is 22.7 Å². The molecule has 4 aromatic heterocycles. The van der Waals surface area contributed by atoms with Gasteiger partial charge >= 0.3 is 0 Å². The van der Waals surface area contributed by atoms with Crippen molar-refractivity contribution < 1.29 is 14.6 Å². The van der Waals surface area contributed by atoms with Crippen molar-refractivity contribution in [1.29, 1.82) is 0 Å². The molecule has 1 aliphatic heterocycles. The van der Waals surface area contributed by atoms with Crippen LogP contribution >= 0.6 is 0 Å². The van der Waals surface area contributed by atoms with Crippen LogP contribution in [0.15, 0.2) is 48.8 Å². The highest BCUT2D eigenvalue weighted by Crippen LogP contribution is 2.27. The summed E-state index contributed by atoms with van der Waals surface area (Å²) in [6, 6.07) is 12.4. The first-order chi connectivity index (χ1) is 30.2. The number of hydrogen-bond donors (Lipinski definition) is 9. The first-order valence-corrected chi connectivity index (χ1v) is 21.4. The molecule has 332 valence electrons. The number of nitrogens with two attached hydrogens (primary N) is 2. The van der Waals surface area contributed by atoms with Gasteiger partial charge in [-0.05, 0) is 36.1 Å². The van der Waals surface area contributed by atoms with Crippen molar-refractivity contribution in [1.82, 2.24) is 60.5 Å². The van der Waals surface area contributed by atoms with E-state index in [9.17, 15) is 0 Å². The van der Waals surface area contributed by atoms with E-state index in [0.29, 0.717) is 72.3 Å². The van der Waals surface area contributed by atoms with Crippen LogP contribution < -0.4 is 53.1 Å². The summed E-state index contributed by atoms with van der Waals surface area (Å²) < 4.78 is 15.2. The second kappa shape index (κ2) is 21.3. The summed E-state index contributed by atoms with van der Waals surface area (Å²) in [7, 11) is 3.35. The van der Waals surface area contributed by atoms with Crippen molar-refractivity contribution in [2.24, 2.45) is 5.73 Å². The third-order valence-electron chi connectivity index (χ3n) is 10.6. The van der Waals surface area contributed by atoms with Gasteiger partial charge in [0.25, 0.3) is 0 Å². The fraction of sp³-hybridized carbons (Fsp3) is 0.476. The first-order valence-electron chi connectivity index (χ1n) is 21.4. The molecule has 62 heavy (non-hydrogen) atoms. The number of aliphatic hydroxyl groups is 1. The van der Waals surface area contributed by atoms with E-state index < -0.39 is 0 Å². The predicted octanol–water partition coefficient (Wildman–Crippen LogP) is 2.80. The molecule has 0 bridgehead atoms. The molecule has 20 heteroatoms. The summed E-state index contributed by atoms with van der Waals surface area (Å²) in [4.78, 5) is 21.2. The van der Waals surface area contributed by atoms with E-state index in [1.165, 1.54) is 5.56 Å². The number of nitrogen functional groups attached to an aromatic ring is 1. The van der Waals surface area contributed by atoms with Gasteiger partial charge in [0.1, 0.15) is 22.5 Å². The van der Waals surface area contributed by atoms with Crippen LogP contribution in [0.1, 0.15) is 61.8 Å². The van der Waals surface area contributed by atoms with Gasteiger partial charge in [-0.25, -0.2) is 15.4 Å². The molecule has 0 amide bonds. The first kappa shape index (κ1) is 44.2. The fourth-order valence-electron chi connectivity index (χ4n) is 7.54. The van der Waals surface area contributed by atoms with Crippen molar-refractivity contribution in [3.8, 4) is 11.5 Å². The number of hydrazine groups is 1. The molecule has 0 saturated carbocycles. The van der Waals surface area contributed by atoms with Crippen molar-refractivity contribution in [3.63, 3.8) is 0 Å². The molecule has 2 atom stereocenters. The zero-order valence-corrected chi connectivity index (χ0v) is 36.1. The molecule has 0 spiro atoms. The van der Waals surface area contributed by atoms with Gasteiger partial charge in [-0.1, -0.05) is 51.0 Å². The molecule has 0 aliphatic carbocycles. The Morgan fingerprint density at radius 3 is 2.06 bits per heavy atom. The van der Waals surface area contributed by atoms with Crippen molar-refractivity contribution in [2.75, 3.05) is 75.3 Å². The maximum Gasteiger partial charge on any atom is 0.240 e. The monoisotopic (exact) mass is 852 g/mol. The highest BCUT2D eigenvalue weighted by atomic mass is 16.5. The lowest BCUT2D eigenvalue weighted by Gasteiger charge is -2.27. The Morgan fingerprint density at radius 1 is 0.790 bits per heavy atom. The molecule has 2 unspecified atom stereocenters. The molecule has 0 radical (unpaired) electrons. The minimum Gasteiger partial charge on any atom is -0.496 e. The smallest absolute Gasteiger partial charge is 0.240 e. The summed E-state index contributed by atoms with van der Waals surface area (Å²) in [5.74, 6) is 3.02. The number of nitrogens with zero attached hydrogens (tertiary/aromatic N) is 9. The highest BCUT2D eigenvalue weighted by Gasteiger charge is 2.20. The minimum absolute atomic E-state index is 0.0784. The van der Waals surface area contributed by atoms with E-state index in [1.54, 1.807) is 14.2 Å². The third-order valence-corrected chi connectivity index (χ3v) is 10.6. The summed E-state index contributed by atoms with van der Waals surface area (Å²) in [5, 5.41) is 32.4. The van der Waals surface area contributed by atoms with Crippen LogP contribution in [0, 0.1) is 0 Å². The second-order valence-corrected chi connectivity index (χ2v) is 15.5. The Balaban J connectivity index is 1.08. The van der Waals surface area contributed by atoms with Gasteiger partial charge in [-0.2, -0.15) is 20.2 Å². The normalized spacial score (nSPS) is 14.3. The van der Waals surface area contributed by atoms with Crippen LogP contribution in [-0.4, -0.2) is 115 Å². The SMILES string of the molecule is CCCC(N)Nc1nc(NNC(CCC)Nc2nc(N)nc3cn(Cc4ccc(CN5CCNCC5)cc4OC)nc23)nc2cn(Cc3ccc(CNCCO)cc3OC)nc12. The number of benzene rings is 2. The molecule has 2 aromatic carbocycles. The molecule has 1 aliphatic rings. The number of anilines is 4. The molecule has 7 rings (SSSR count). The number of ether oxygens (including phenoxy) is 2. The van der Waals surface area contributed by atoms with Gasteiger partial charge in [0, 0.05) is 56.9 Å². The summed E-state index contributed by atoms with van der Waals surface area (Å²) >= 11 is 0. The van der Waals surface area contributed by atoms with E-state index in [4.69, 9.17) is 46.2 Å². The van der Waals surface area contributed by atoms with Gasteiger partial charge < -0.3 is 47.3 Å². The lowest BCUT2D eigenvalue weighted by molar-refractivity contribution is 0.233. The van der Waals surface area contributed by atoms with E-state index in [-0.39, 0.29) is 24.9 Å². The third kappa shape index (κ3) is 11.3. The Kier molecular flexibility index (Phi) is 15.1. The Labute approximate surface area is 361 Å². The van der Waals surface area contributed by atoms with Crippen LogP contribution in [0.2, 0.25) is 0 Å². The molecular weight excluding hydrogens is 791 g/mol. The summed E-state index contributed by atoms with van der Waals surface area (Å²) in [5.41, 5.74) is 25.9. The average Bonchev–Trinajstić information content (AvgIpc) is 3.88. The maximum atomic E-state index is 9.13. The van der Waals surface area contributed by atoms with E-state index in [0.717, 1.165) is 80.2 Å². The molecule has 11 N–H and O–H groups in total. The molecule has 5 heterocycles. The zero-order chi connectivity index (χ0) is 43.4. The van der Waals surface area contributed by atoms with Crippen LogP contribution in [0.4, 0.5) is 23.5 Å². The Morgan fingerprint density at radius 2 is 1.42 bits per heavy atom. The van der Waals surface area contributed by atoms with Crippen LogP contribution in [-0.2, 0) is 26.2 Å². The number of rotatable bonds is 23. The lowest BCUT2D eigenvalue weighted by Crippen LogP contribution is -2.42.